The predicted molar refractivity (Wildman–Crippen MR) is 169 cm³/mol. The van der Waals surface area contributed by atoms with E-state index in [-0.39, 0.29) is 17.2 Å². The van der Waals surface area contributed by atoms with E-state index in [9.17, 15) is 13.2 Å². The number of anilines is 1. The highest BCUT2D eigenvalue weighted by Crippen LogP contribution is 2.37. The third-order valence-corrected chi connectivity index (χ3v) is 9.01. The van der Waals surface area contributed by atoms with E-state index in [1.165, 1.54) is 31.5 Å². The van der Waals surface area contributed by atoms with Gasteiger partial charge < -0.3 is 9.47 Å². The van der Waals surface area contributed by atoms with Gasteiger partial charge in [0.15, 0.2) is 11.5 Å². The summed E-state index contributed by atoms with van der Waals surface area (Å²) in [5.74, 6) is 0.244. The molecule has 1 N–H and O–H groups in total. The van der Waals surface area contributed by atoms with Crippen LogP contribution in [0.3, 0.4) is 0 Å². The third-order valence-electron chi connectivity index (χ3n) is 6.04. The number of nitrogens with one attached hydrogen (secondary N) is 1. The van der Waals surface area contributed by atoms with Crippen molar-refractivity contribution in [2.24, 2.45) is 5.10 Å². The smallest absolute Gasteiger partial charge is 0.264 e. The number of benzene rings is 4. The van der Waals surface area contributed by atoms with Crippen molar-refractivity contribution < 1.29 is 22.7 Å². The Labute approximate surface area is 263 Å². The topological polar surface area (TPSA) is 97.3 Å². The molecule has 0 atom stereocenters. The summed E-state index contributed by atoms with van der Waals surface area (Å²) in [6, 6.07) is 23.5. The summed E-state index contributed by atoms with van der Waals surface area (Å²) in [5.41, 5.74) is 4.72. The second-order valence-corrected chi connectivity index (χ2v) is 12.5. The number of hydrazone groups is 1. The molecule has 0 bridgehead atoms. The first-order valence-corrected chi connectivity index (χ1v) is 15.5. The molecule has 0 fully saturated rings. The van der Waals surface area contributed by atoms with Crippen LogP contribution in [0.15, 0.2) is 99.4 Å². The van der Waals surface area contributed by atoms with Gasteiger partial charge in [0.05, 0.1) is 28.4 Å². The lowest BCUT2D eigenvalue weighted by atomic mass is 10.2. The average Bonchev–Trinajstić information content (AvgIpc) is 2.97. The molecule has 0 aliphatic rings. The number of hydrogen-bond acceptors (Lipinski definition) is 6. The number of carbonyl (C=O) groups is 1. The molecule has 1 amide bonds. The highest BCUT2D eigenvalue weighted by molar-refractivity contribution is 9.10. The molecule has 4 aromatic rings. The molecule has 218 valence electrons. The fraction of sp³-hybridized carbons (Fsp3) is 0.133. The zero-order valence-electron chi connectivity index (χ0n) is 22.6. The number of aryl methyl sites for hydroxylation is 1. The number of nitrogens with zero attached hydrogens (tertiary/aromatic N) is 2. The summed E-state index contributed by atoms with van der Waals surface area (Å²) in [5, 5.41) is 4.95. The molecule has 0 aromatic heterocycles. The van der Waals surface area contributed by atoms with Gasteiger partial charge in [-0.05, 0) is 76.4 Å². The SMILES string of the molecule is COc1cc(/C=N\NC(=O)CN(c2cc(Cl)ccc2C)S(=O)(=O)c2ccccc2)cc(Br)c1OCc1ccccc1Cl. The lowest BCUT2D eigenvalue weighted by Gasteiger charge is -2.25. The molecule has 0 aliphatic carbocycles. The minimum Gasteiger partial charge on any atom is -0.493 e. The van der Waals surface area contributed by atoms with Gasteiger partial charge in [0.25, 0.3) is 15.9 Å². The first-order valence-electron chi connectivity index (χ1n) is 12.5. The van der Waals surface area contributed by atoms with Gasteiger partial charge in [-0.15, -0.1) is 0 Å². The number of sulfonamides is 1. The van der Waals surface area contributed by atoms with Crippen LogP contribution in [-0.4, -0.2) is 34.2 Å². The van der Waals surface area contributed by atoms with Gasteiger partial charge in [0.1, 0.15) is 13.2 Å². The Bertz CT molecular complexity index is 1720. The van der Waals surface area contributed by atoms with Crippen molar-refractivity contribution in [2.75, 3.05) is 18.0 Å². The van der Waals surface area contributed by atoms with E-state index in [1.54, 1.807) is 55.5 Å². The monoisotopic (exact) mass is 689 g/mol. The number of carbonyl (C=O) groups excluding carboxylic acids is 1. The zero-order chi connectivity index (χ0) is 30.3. The molecule has 0 spiro atoms. The number of amides is 1. The highest BCUT2D eigenvalue weighted by Gasteiger charge is 2.28. The van der Waals surface area contributed by atoms with Gasteiger partial charge in [0.2, 0.25) is 0 Å². The lowest BCUT2D eigenvalue weighted by Crippen LogP contribution is -2.40. The van der Waals surface area contributed by atoms with Crippen molar-refractivity contribution in [3.8, 4) is 11.5 Å². The standard InChI is InChI=1S/C30H26BrCl2N3O5S/c1-20-12-13-23(32)16-27(20)36(42(38,39)24-9-4-3-5-10-24)18-29(37)35-34-17-21-14-25(31)30(28(15-21)40-2)41-19-22-8-6-7-11-26(22)33/h3-17H,18-19H2,1-2H3,(H,35,37)/b34-17-. The maximum atomic E-state index is 13.6. The largest absolute Gasteiger partial charge is 0.493 e. The normalized spacial score (nSPS) is 11.4. The van der Waals surface area contributed by atoms with Gasteiger partial charge in [-0.2, -0.15) is 5.10 Å². The lowest BCUT2D eigenvalue weighted by molar-refractivity contribution is -0.119. The van der Waals surface area contributed by atoms with Gasteiger partial charge in [0, 0.05) is 15.6 Å². The van der Waals surface area contributed by atoms with Crippen LogP contribution in [0, 0.1) is 6.92 Å². The maximum absolute atomic E-state index is 13.6. The number of methoxy groups -OCH3 is 1. The van der Waals surface area contributed by atoms with E-state index in [0.29, 0.717) is 37.1 Å². The Morgan fingerprint density at radius 2 is 1.74 bits per heavy atom. The van der Waals surface area contributed by atoms with Crippen LogP contribution in [0.5, 0.6) is 11.5 Å². The van der Waals surface area contributed by atoms with Crippen LogP contribution in [0.1, 0.15) is 16.7 Å². The van der Waals surface area contributed by atoms with E-state index in [2.05, 4.69) is 26.5 Å². The summed E-state index contributed by atoms with van der Waals surface area (Å²) in [7, 11) is -2.59. The molecule has 0 radical (unpaired) electrons. The molecule has 0 saturated heterocycles. The van der Waals surface area contributed by atoms with Crippen LogP contribution in [-0.2, 0) is 21.4 Å². The summed E-state index contributed by atoms with van der Waals surface area (Å²) in [6.45, 7) is 1.44. The van der Waals surface area contributed by atoms with Crippen molar-refractivity contribution >= 4 is 67.0 Å². The molecular weight excluding hydrogens is 665 g/mol. The number of ether oxygens (including phenoxy) is 2. The Hall–Kier alpha value is -3.57. The predicted octanol–water partition coefficient (Wildman–Crippen LogP) is 7.00. The van der Waals surface area contributed by atoms with Gasteiger partial charge in [-0.25, -0.2) is 13.8 Å². The minimum atomic E-state index is -4.10. The molecule has 0 unspecified atom stereocenters. The molecule has 4 aromatic carbocycles. The Kier molecular flexibility index (Phi) is 10.5. The van der Waals surface area contributed by atoms with Gasteiger partial charge in [-0.1, -0.05) is 65.7 Å². The Balaban J connectivity index is 1.51. The highest BCUT2D eigenvalue weighted by atomic mass is 79.9. The fourth-order valence-electron chi connectivity index (χ4n) is 3.93. The van der Waals surface area contributed by atoms with Gasteiger partial charge in [-0.3, -0.25) is 9.10 Å². The van der Waals surface area contributed by atoms with Gasteiger partial charge >= 0.3 is 0 Å². The molecule has 0 heterocycles. The third kappa shape index (κ3) is 7.63. The quantitative estimate of drug-likeness (QED) is 0.135. The molecule has 8 nitrogen and oxygen atoms in total. The van der Waals surface area contributed by atoms with Crippen LogP contribution < -0.4 is 19.2 Å². The first-order chi connectivity index (χ1) is 20.1. The van der Waals surface area contributed by atoms with Crippen molar-refractivity contribution in [1.29, 1.82) is 0 Å². The zero-order valence-corrected chi connectivity index (χ0v) is 26.5. The minimum absolute atomic E-state index is 0.0365. The summed E-state index contributed by atoms with van der Waals surface area (Å²) < 4.78 is 40.2. The van der Waals surface area contributed by atoms with Crippen molar-refractivity contribution in [3.05, 3.63) is 116 Å². The summed E-state index contributed by atoms with van der Waals surface area (Å²) in [4.78, 5) is 13.0. The number of rotatable bonds is 11. The molecule has 12 heteroatoms. The van der Waals surface area contributed by atoms with E-state index >= 15 is 0 Å². The van der Waals surface area contributed by atoms with Crippen LogP contribution in [0.25, 0.3) is 0 Å². The fourth-order valence-corrected chi connectivity index (χ4v) is 6.36. The van der Waals surface area contributed by atoms with E-state index in [4.69, 9.17) is 32.7 Å². The number of hydrogen-bond donors (Lipinski definition) is 1. The summed E-state index contributed by atoms with van der Waals surface area (Å²) >= 11 is 15.9. The van der Waals surface area contributed by atoms with Crippen LogP contribution in [0.4, 0.5) is 5.69 Å². The second kappa shape index (κ2) is 14.1. The van der Waals surface area contributed by atoms with E-state index in [0.717, 1.165) is 9.87 Å². The Morgan fingerprint density at radius 1 is 1.02 bits per heavy atom. The van der Waals surface area contributed by atoms with Crippen molar-refractivity contribution in [2.45, 2.75) is 18.4 Å². The maximum Gasteiger partial charge on any atom is 0.264 e. The molecule has 0 saturated carbocycles. The van der Waals surface area contributed by atoms with E-state index < -0.39 is 22.5 Å². The van der Waals surface area contributed by atoms with Crippen molar-refractivity contribution in [3.63, 3.8) is 0 Å². The number of halogens is 3. The molecular formula is C30H26BrCl2N3O5S. The second-order valence-electron chi connectivity index (χ2n) is 8.96. The molecule has 0 aliphatic heterocycles. The summed E-state index contributed by atoms with van der Waals surface area (Å²) in [6.07, 6.45) is 1.41. The van der Waals surface area contributed by atoms with Crippen LogP contribution >= 0.6 is 39.1 Å². The first kappa shape index (κ1) is 31.4. The Morgan fingerprint density at radius 3 is 2.45 bits per heavy atom. The average molecular weight is 691 g/mol. The van der Waals surface area contributed by atoms with Crippen LogP contribution in [0.2, 0.25) is 10.0 Å². The van der Waals surface area contributed by atoms with Crippen molar-refractivity contribution in [1.82, 2.24) is 5.43 Å². The van der Waals surface area contributed by atoms with E-state index in [1.807, 2.05) is 18.2 Å². The molecule has 4 rings (SSSR count). The molecule has 42 heavy (non-hydrogen) atoms.